The largest absolute Gasteiger partial charge is 0.493 e. The predicted octanol–water partition coefficient (Wildman–Crippen LogP) is 5.87. The summed E-state index contributed by atoms with van der Waals surface area (Å²) in [6.07, 6.45) is 1.36. The van der Waals surface area contributed by atoms with E-state index in [0.29, 0.717) is 22.0 Å². The number of amides is 2. The lowest BCUT2D eigenvalue weighted by molar-refractivity contribution is -0.118. The van der Waals surface area contributed by atoms with Gasteiger partial charge in [0.05, 0.1) is 22.8 Å². The van der Waals surface area contributed by atoms with Crippen LogP contribution in [0.4, 0.5) is 11.4 Å². The molecule has 0 aromatic heterocycles. The summed E-state index contributed by atoms with van der Waals surface area (Å²) < 4.78 is 10.9. The van der Waals surface area contributed by atoms with Crippen molar-refractivity contribution in [2.45, 2.75) is 6.92 Å². The third-order valence-electron chi connectivity index (χ3n) is 4.73. The Hall–Kier alpha value is -3.99. The molecule has 0 radical (unpaired) electrons. The van der Waals surface area contributed by atoms with Crippen molar-refractivity contribution < 1.29 is 19.1 Å². The van der Waals surface area contributed by atoms with Crippen LogP contribution in [-0.2, 0) is 9.59 Å². The van der Waals surface area contributed by atoms with Crippen molar-refractivity contribution in [3.8, 4) is 17.6 Å². The topological polar surface area (TPSA) is 100 Å². The number of hydrogen-bond acceptors (Lipinski definition) is 5. The second-order valence-corrected chi connectivity index (χ2v) is 8.16. The Bertz CT molecular complexity index is 1320. The van der Waals surface area contributed by atoms with E-state index in [1.54, 1.807) is 42.5 Å². The highest BCUT2D eigenvalue weighted by Crippen LogP contribution is 2.37. The normalized spacial score (nSPS) is 10.8. The number of benzene rings is 3. The zero-order valence-corrected chi connectivity index (χ0v) is 20.4. The first-order valence-electron chi connectivity index (χ1n) is 10.3. The molecule has 0 saturated heterocycles. The molecule has 0 saturated carbocycles. The van der Waals surface area contributed by atoms with E-state index < -0.39 is 5.91 Å². The van der Waals surface area contributed by atoms with Crippen molar-refractivity contribution in [3.05, 3.63) is 87.4 Å². The minimum Gasteiger partial charge on any atom is -0.493 e. The van der Waals surface area contributed by atoms with Gasteiger partial charge in [-0.3, -0.25) is 9.59 Å². The molecule has 0 unspecified atom stereocenters. The zero-order valence-electron chi connectivity index (χ0n) is 18.9. The molecule has 7 nitrogen and oxygen atoms in total. The third kappa shape index (κ3) is 7.00. The summed E-state index contributed by atoms with van der Waals surface area (Å²) >= 11 is 12.4. The number of anilines is 2. The maximum absolute atomic E-state index is 12.6. The fourth-order valence-electron chi connectivity index (χ4n) is 3.00. The van der Waals surface area contributed by atoms with Crippen LogP contribution in [0.2, 0.25) is 10.0 Å². The molecule has 178 valence electrons. The Labute approximate surface area is 212 Å². The van der Waals surface area contributed by atoms with Gasteiger partial charge in [-0.05, 0) is 55.0 Å². The third-order valence-corrected chi connectivity index (χ3v) is 5.34. The Morgan fingerprint density at radius 1 is 1.03 bits per heavy atom. The van der Waals surface area contributed by atoms with E-state index in [2.05, 4.69) is 10.6 Å². The van der Waals surface area contributed by atoms with Gasteiger partial charge >= 0.3 is 0 Å². The second kappa shape index (κ2) is 11.9. The molecule has 9 heteroatoms. The molecule has 3 aromatic carbocycles. The number of nitrogens with one attached hydrogen (secondary N) is 2. The Kier molecular flexibility index (Phi) is 8.74. The van der Waals surface area contributed by atoms with E-state index in [-0.39, 0.29) is 34.6 Å². The highest BCUT2D eigenvalue weighted by atomic mass is 35.5. The van der Waals surface area contributed by atoms with E-state index in [9.17, 15) is 14.9 Å². The van der Waals surface area contributed by atoms with Crippen LogP contribution in [0.1, 0.15) is 11.1 Å². The molecular weight excluding hydrogens is 489 g/mol. The average molecular weight is 510 g/mol. The lowest BCUT2D eigenvalue weighted by atomic mass is 10.1. The molecule has 0 spiro atoms. The molecule has 0 fully saturated rings. The van der Waals surface area contributed by atoms with Crippen LogP contribution in [0.3, 0.4) is 0 Å². The summed E-state index contributed by atoms with van der Waals surface area (Å²) in [5, 5.41) is 15.3. The zero-order chi connectivity index (χ0) is 25.4. The number of aryl methyl sites for hydroxylation is 1. The van der Waals surface area contributed by atoms with Crippen molar-refractivity contribution in [1.82, 2.24) is 0 Å². The molecule has 3 aromatic rings. The Balaban J connectivity index is 1.74. The molecule has 0 bridgehead atoms. The molecule has 0 heterocycles. The van der Waals surface area contributed by atoms with Crippen LogP contribution >= 0.6 is 23.2 Å². The SMILES string of the molecule is COc1cc(/C=C(\C#N)C(=O)Nc2ccccc2Cl)cc(Cl)c1OCC(=O)Nc1ccc(C)cc1. The molecule has 0 aliphatic rings. The van der Waals surface area contributed by atoms with Crippen molar-refractivity contribution in [2.75, 3.05) is 24.4 Å². The summed E-state index contributed by atoms with van der Waals surface area (Å²) in [6.45, 7) is 1.65. The monoisotopic (exact) mass is 509 g/mol. The van der Waals surface area contributed by atoms with Gasteiger partial charge in [-0.2, -0.15) is 5.26 Å². The molecule has 0 aliphatic carbocycles. The highest BCUT2D eigenvalue weighted by Gasteiger charge is 2.16. The lowest BCUT2D eigenvalue weighted by Gasteiger charge is -2.14. The van der Waals surface area contributed by atoms with Gasteiger partial charge in [-0.1, -0.05) is 53.0 Å². The molecule has 2 amide bonds. The van der Waals surface area contributed by atoms with Gasteiger partial charge in [0.25, 0.3) is 11.8 Å². The van der Waals surface area contributed by atoms with Gasteiger partial charge in [0, 0.05) is 5.69 Å². The minimum absolute atomic E-state index is 0.141. The first-order chi connectivity index (χ1) is 16.8. The van der Waals surface area contributed by atoms with E-state index >= 15 is 0 Å². The van der Waals surface area contributed by atoms with Crippen LogP contribution in [0.5, 0.6) is 11.5 Å². The van der Waals surface area contributed by atoms with Gasteiger partial charge in [0.15, 0.2) is 18.1 Å². The van der Waals surface area contributed by atoms with Gasteiger partial charge in [-0.15, -0.1) is 0 Å². The van der Waals surface area contributed by atoms with Crippen LogP contribution in [0, 0.1) is 18.3 Å². The number of ether oxygens (including phenoxy) is 2. The fourth-order valence-corrected chi connectivity index (χ4v) is 3.46. The van der Waals surface area contributed by atoms with Crippen molar-refractivity contribution in [2.24, 2.45) is 0 Å². The van der Waals surface area contributed by atoms with Crippen LogP contribution in [-0.4, -0.2) is 25.5 Å². The number of carbonyl (C=O) groups is 2. The number of hydrogen-bond donors (Lipinski definition) is 2. The summed E-state index contributed by atoms with van der Waals surface area (Å²) in [6, 6.07) is 18.9. The quantitative estimate of drug-likeness (QED) is 0.292. The second-order valence-electron chi connectivity index (χ2n) is 7.34. The highest BCUT2D eigenvalue weighted by molar-refractivity contribution is 6.34. The molecule has 0 aliphatic heterocycles. The van der Waals surface area contributed by atoms with Gasteiger partial charge < -0.3 is 20.1 Å². The predicted molar refractivity (Wildman–Crippen MR) is 137 cm³/mol. The van der Waals surface area contributed by atoms with Gasteiger partial charge in [0.2, 0.25) is 0 Å². The smallest absolute Gasteiger partial charge is 0.266 e. The molecular formula is C26H21Cl2N3O4. The number of para-hydroxylation sites is 1. The fraction of sp³-hybridized carbons (Fsp3) is 0.115. The minimum atomic E-state index is -0.635. The molecule has 3 rings (SSSR count). The van der Waals surface area contributed by atoms with Gasteiger partial charge in [-0.25, -0.2) is 0 Å². The first-order valence-corrected chi connectivity index (χ1v) is 11.1. The van der Waals surface area contributed by atoms with Crippen LogP contribution in [0.25, 0.3) is 6.08 Å². The first kappa shape index (κ1) is 25.6. The van der Waals surface area contributed by atoms with Crippen LogP contribution in [0.15, 0.2) is 66.2 Å². The van der Waals surface area contributed by atoms with Crippen molar-refractivity contribution in [1.29, 1.82) is 5.26 Å². The number of carbonyl (C=O) groups excluding carboxylic acids is 2. The van der Waals surface area contributed by atoms with E-state index in [1.165, 1.54) is 19.3 Å². The molecule has 35 heavy (non-hydrogen) atoms. The van der Waals surface area contributed by atoms with E-state index in [0.717, 1.165) is 5.56 Å². The Morgan fingerprint density at radius 2 is 1.74 bits per heavy atom. The van der Waals surface area contributed by atoms with E-state index in [4.69, 9.17) is 32.7 Å². The summed E-state index contributed by atoms with van der Waals surface area (Å²) in [4.78, 5) is 24.8. The molecule has 2 N–H and O–H groups in total. The maximum atomic E-state index is 12.6. The van der Waals surface area contributed by atoms with Crippen molar-refractivity contribution >= 4 is 52.5 Å². The summed E-state index contributed by atoms with van der Waals surface area (Å²) in [5.41, 5.74) is 2.35. The maximum Gasteiger partial charge on any atom is 0.266 e. The standard InChI is InChI=1S/C26H21Cl2N3O4/c1-16-7-9-19(10-8-16)30-24(32)15-35-25-21(28)12-17(13-23(25)34-2)11-18(14-29)26(33)31-22-6-4-3-5-20(22)27/h3-13H,15H2,1-2H3,(H,30,32)(H,31,33)/b18-11+. The summed E-state index contributed by atoms with van der Waals surface area (Å²) in [7, 11) is 1.41. The number of halogens is 2. The number of nitrogens with zero attached hydrogens (tertiary/aromatic N) is 1. The van der Waals surface area contributed by atoms with Gasteiger partial charge in [0.1, 0.15) is 11.6 Å². The lowest BCUT2D eigenvalue weighted by Crippen LogP contribution is -2.20. The van der Waals surface area contributed by atoms with Crippen molar-refractivity contribution in [3.63, 3.8) is 0 Å². The molecule has 0 atom stereocenters. The van der Waals surface area contributed by atoms with Crippen LogP contribution < -0.4 is 20.1 Å². The number of methoxy groups -OCH3 is 1. The number of nitriles is 1. The average Bonchev–Trinajstić information content (AvgIpc) is 2.84. The number of rotatable bonds is 8. The Morgan fingerprint density at radius 3 is 2.40 bits per heavy atom. The summed E-state index contributed by atoms with van der Waals surface area (Å²) in [5.74, 6) is -0.622. The van der Waals surface area contributed by atoms with E-state index in [1.807, 2.05) is 25.1 Å².